The van der Waals surface area contributed by atoms with Gasteiger partial charge in [0, 0.05) is 12.1 Å². The number of unbranched alkanes of at least 4 members (excludes halogenated alkanes) is 5. The lowest BCUT2D eigenvalue weighted by Crippen LogP contribution is -2.29. The van der Waals surface area contributed by atoms with Gasteiger partial charge >= 0.3 is 0 Å². The molecule has 6 heteroatoms. The predicted octanol–water partition coefficient (Wildman–Crippen LogP) is 5.58. The van der Waals surface area contributed by atoms with Crippen LogP contribution in [0.15, 0.2) is 34.8 Å². The summed E-state index contributed by atoms with van der Waals surface area (Å²) < 4.78 is 11.9. The highest BCUT2D eigenvalue weighted by atomic mass is 32.2. The van der Waals surface area contributed by atoms with Gasteiger partial charge in [0.05, 0.1) is 12.0 Å². The molecule has 1 amide bonds. The van der Waals surface area contributed by atoms with Gasteiger partial charge in [0.25, 0.3) is 5.91 Å². The second-order valence-corrected chi connectivity index (χ2v) is 8.66. The first-order valence-corrected chi connectivity index (χ1v) is 11.1. The van der Waals surface area contributed by atoms with Crippen molar-refractivity contribution in [3.63, 3.8) is 0 Å². The molecule has 1 aromatic carbocycles. The van der Waals surface area contributed by atoms with E-state index in [0.29, 0.717) is 22.4 Å². The van der Waals surface area contributed by atoms with Crippen LogP contribution in [0, 0.1) is 0 Å². The molecule has 2 aliphatic rings. The zero-order valence-electron chi connectivity index (χ0n) is 16.5. The van der Waals surface area contributed by atoms with Gasteiger partial charge in [-0.15, -0.1) is 0 Å². The van der Waals surface area contributed by atoms with E-state index in [1.807, 2.05) is 30.4 Å². The molecule has 150 valence electrons. The van der Waals surface area contributed by atoms with Crippen molar-refractivity contribution < 1.29 is 14.3 Å². The van der Waals surface area contributed by atoms with Gasteiger partial charge in [-0.3, -0.25) is 9.69 Å². The van der Waals surface area contributed by atoms with Gasteiger partial charge < -0.3 is 9.47 Å². The Bertz CT molecular complexity index is 801. The van der Waals surface area contributed by atoms with E-state index < -0.39 is 0 Å². The second-order valence-electron chi connectivity index (χ2n) is 6.99. The highest BCUT2D eigenvalue weighted by molar-refractivity contribution is 8.26. The van der Waals surface area contributed by atoms with Gasteiger partial charge in [0.1, 0.15) is 10.9 Å². The summed E-state index contributed by atoms with van der Waals surface area (Å²) in [6.45, 7) is 3.34. The number of thioether (sulfide) groups is 1. The van der Waals surface area contributed by atoms with Crippen molar-refractivity contribution in [2.45, 2.75) is 45.4 Å². The third-order valence-corrected chi connectivity index (χ3v) is 6.26. The van der Waals surface area contributed by atoms with Crippen molar-refractivity contribution in [2.24, 2.45) is 0 Å². The summed E-state index contributed by atoms with van der Waals surface area (Å²) in [5.41, 5.74) is 1.92. The van der Waals surface area contributed by atoms with Crippen molar-refractivity contribution in [1.29, 1.82) is 0 Å². The lowest BCUT2D eigenvalue weighted by molar-refractivity contribution is -0.122. The first-order valence-electron chi connectivity index (χ1n) is 9.89. The number of benzene rings is 1. The van der Waals surface area contributed by atoms with Crippen LogP contribution in [-0.2, 0) is 4.79 Å². The predicted molar refractivity (Wildman–Crippen MR) is 120 cm³/mol. The average molecular weight is 418 g/mol. The van der Waals surface area contributed by atoms with Gasteiger partial charge in [0.15, 0.2) is 11.5 Å². The van der Waals surface area contributed by atoms with Gasteiger partial charge in [-0.1, -0.05) is 75.1 Å². The lowest BCUT2D eigenvalue weighted by atomic mass is 10.1. The van der Waals surface area contributed by atoms with Crippen molar-refractivity contribution in [3.8, 4) is 11.5 Å². The normalized spacial score (nSPS) is 17.6. The minimum absolute atomic E-state index is 0.0147. The van der Waals surface area contributed by atoms with Crippen LogP contribution in [0.2, 0.25) is 0 Å². The topological polar surface area (TPSA) is 38.8 Å². The Balaban J connectivity index is 1.62. The average Bonchev–Trinajstić information content (AvgIpc) is 2.97. The Hall–Kier alpha value is -1.79. The van der Waals surface area contributed by atoms with Crippen LogP contribution in [0.1, 0.15) is 51.0 Å². The number of carbonyl (C=O) groups excluding carboxylic acids is 1. The summed E-state index contributed by atoms with van der Waals surface area (Å²) >= 11 is 6.82. The van der Waals surface area contributed by atoms with Crippen LogP contribution in [0.5, 0.6) is 11.5 Å². The summed E-state index contributed by atoms with van der Waals surface area (Å²) in [4.78, 5) is 15.2. The molecule has 0 atom stereocenters. The molecular weight excluding hydrogens is 390 g/mol. The van der Waals surface area contributed by atoms with Crippen LogP contribution >= 0.6 is 24.0 Å². The van der Waals surface area contributed by atoms with Crippen LogP contribution in [0.3, 0.4) is 0 Å². The van der Waals surface area contributed by atoms with E-state index in [1.165, 1.54) is 37.4 Å². The molecule has 0 bridgehead atoms. The van der Waals surface area contributed by atoms with Crippen molar-refractivity contribution >= 4 is 40.3 Å². The van der Waals surface area contributed by atoms with Crippen molar-refractivity contribution in [3.05, 3.63) is 40.3 Å². The van der Waals surface area contributed by atoms with Crippen LogP contribution in [0.25, 0.3) is 6.08 Å². The summed E-state index contributed by atoms with van der Waals surface area (Å²) in [7, 11) is 1.63. The first-order chi connectivity index (χ1) is 13.6. The molecule has 1 aromatic rings. The summed E-state index contributed by atoms with van der Waals surface area (Å²) in [6, 6.07) is 5.79. The zero-order chi connectivity index (χ0) is 19.9. The Labute approximate surface area is 177 Å². The van der Waals surface area contributed by atoms with E-state index in [1.54, 1.807) is 12.0 Å². The van der Waals surface area contributed by atoms with Crippen LogP contribution < -0.4 is 9.47 Å². The minimum Gasteiger partial charge on any atom is -0.493 e. The molecule has 2 heterocycles. The number of ether oxygens (including phenoxy) is 2. The van der Waals surface area contributed by atoms with E-state index in [2.05, 4.69) is 6.92 Å². The second kappa shape index (κ2) is 10.1. The summed E-state index contributed by atoms with van der Waals surface area (Å²) in [6.07, 6.45) is 11.1. The zero-order valence-corrected chi connectivity index (χ0v) is 18.2. The molecule has 0 unspecified atom stereocenters. The highest BCUT2D eigenvalue weighted by Gasteiger charge is 2.31. The fourth-order valence-corrected chi connectivity index (χ4v) is 4.68. The number of nitrogens with zero attached hydrogens (tertiary/aromatic N) is 1. The van der Waals surface area contributed by atoms with Crippen LogP contribution in [0.4, 0.5) is 0 Å². The standard InChI is InChI=1S/C22H27NO3S2/c1-3-4-5-6-7-8-12-23-21(24)19(28-22(23)27)14-16-13-17-10-9-11-18(25-2)20(17)26-15-16/h9-11,13-14H,3-8,12,15H2,1-2H3. The van der Waals surface area contributed by atoms with Gasteiger partial charge in [-0.2, -0.15) is 0 Å². The Kier molecular flexibility index (Phi) is 7.57. The van der Waals surface area contributed by atoms with E-state index in [-0.39, 0.29) is 5.91 Å². The lowest BCUT2D eigenvalue weighted by Gasteiger charge is -2.18. The number of methoxy groups -OCH3 is 1. The van der Waals surface area contributed by atoms with Gasteiger partial charge in [0.2, 0.25) is 0 Å². The molecule has 1 saturated heterocycles. The molecule has 1 fully saturated rings. The number of thiocarbonyl (C=S) groups is 1. The van der Waals surface area contributed by atoms with Crippen molar-refractivity contribution in [2.75, 3.05) is 20.3 Å². The van der Waals surface area contributed by atoms with Gasteiger partial charge in [-0.05, 0) is 30.2 Å². The summed E-state index contributed by atoms with van der Waals surface area (Å²) in [5.74, 6) is 1.48. The molecule has 0 aromatic heterocycles. The SMILES string of the molecule is CCCCCCCCN1C(=O)C(=CC2=Cc3cccc(OC)c3OC2)SC1=S. The molecule has 0 aliphatic carbocycles. The smallest absolute Gasteiger partial charge is 0.266 e. The minimum atomic E-state index is 0.0147. The largest absolute Gasteiger partial charge is 0.493 e. The number of hydrogen-bond acceptors (Lipinski definition) is 5. The molecular formula is C22H27NO3S2. The van der Waals surface area contributed by atoms with E-state index in [4.69, 9.17) is 21.7 Å². The summed E-state index contributed by atoms with van der Waals surface area (Å²) in [5, 5.41) is 0. The third-order valence-electron chi connectivity index (χ3n) is 4.88. The number of rotatable bonds is 9. The monoisotopic (exact) mass is 417 g/mol. The molecule has 4 nitrogen and oxygen atoms in total. The highest BCUT2D eigenvalue weighted by Crippen LogP contribution is 2.37. The first kappa shape index (κ1) is 20.9. The number of hydrogen-bond donors (Lipinski definition) is 0. The molecule has 0 saturated carbocycles. The molecule has 2 aliphatic heterocycles. The van der Waals surface area contributed by atoms with Gasteiger partial charge in [-0.25, -0.2) is 0 Å². The fourth-order valence-electron chi connectivity index (χ4n) is 3.35. The maximum atomic E-state index is 12.8. The number of carbonyl (C=O) groups is 1. The maximum Gasteiger partial charge on any atom is 0.266 e. The number of amides is 1. The number of fused-ring (bicyclic) bond motifs is 1. The van der Waals surface area contributed by atoms with E-state index in [0.717, 1.165) is 35.5 Å². The van der Waals surface area contributed by atoms with E-state index >= 15 is 0 Å². The quantitative estimate of drug-likeness (QED) is 0.298. The fraction of sp³-hybridized carbons (Fsp3) is 0.455. The maximum absolute atomic E-state index is 12.8. The molecule has 0 N–H and O–H groups in total. The Morgan fingerprint density at radius 1 is 1.25 bits per heavy atom. The molecule has 0 radical (unpaired) electrons. The Morgan fingerprint density at radius 2 is 2.04 bits per heavy atom. The van der Waals surface area contributed by atoms with Crippen LogP contribution in [-0.4, -0.2) is 35.4 Å². The third kappa shape index (κ3) is 4.97. The molecule has 28 heavy (non-hydrogen) atoms. The van der Waals surface area contributed by atoms with Crippen molar-refractivity contribution in [1.82, 2.24) is 4.90 Å². The Morgan fingerprint density at radius 3 is 2.82 bits per heavy atom. The molecule has 0 spiro atoms. The van der Waals surface area contributed by atoms with E-state index in [9.17, 15) is 4.79 Å². The number of para-hydroxylation sites is 1. The molecule has 3 rings (SSSR count).